The fourth-order valence-electron chi connectivity index (χ4n) is 4.44. The number of likely N-dealkylation sites (tertiary alicyclic amines) is 1. The zero-order valence-electron chi connectivity index (χ0n) is 16.2. The Morgan fingerprint density at radius 1 is 1.32 bits per heavy atom. The number of rotatable bonds is 4. The Morgan fingerprint density at radius 3 is 2.93 bits per heavy atom. The number of aromatic amines is 1. The molecule has 1 atom stereocenters. The number of H-pyrrole nitrogens is 1. The van der Waals surface area contributed by atoms with Crippen molar-refractivity contribution in [3.63, 3.8) is 0 Å². The fourth-order valence-corrected chi connectivity index (χ4v) is 5.39. The summed E-state index contributed by atoms with van der Waals surface area (Å²) in [5.74, 6) is 1.15. The first kappa shape index (κ1) is 18.1. The molecule has 2 aliphatic heterocycles. The molecule has 1 saturated heterocycles. The molecule has 7 heteroatoms. The summed E-state index contributed by atoms with van der Waals surface area (Å²) in [6.07, 6.45) is 4.69. The first-order valence-corrected chi connectivity index (χ1v) is 11.2. The number of carbonyl (C=O) groups excluding carboxylic acids is 1. The van der Waals surface area contributed by atoms with Gasteiger partial charge in [0.1, 0.15) is 5.82 Å². The molecule has 0 unspecified atom stereocenters. The van der Waals surface area contributed by atoms with E-state index >= 15 is 0 Å². The molecular formula is C21H26N4O2S. The number of fused-ring (bicyclic) bond motifs is 1. The maximum atomic E-state index is 12.9. The van der Waals surface area contributed by atoms with Crippen LogP contribution < -0.4 is 5.56 Å². The minimum absolute atomic E-state index is 0.0293. The fraction of sp³-hybridized carbons (Fsp3) is 0.571. The van der Waals surface area contributed by atoms with Crippen LogP contribution in [-0.2, 0) is 24.3 Å². The number of carbonyl (C=O) groups is 1. The second-order valence-electron chi connectivity index (χ2n) is 8.33. The van der Waals surface area contributed by atoms with Gasteiger partial charge in [0, 0.05) is 43.4 Å². The van der Waals surface area contributed by atoms with Crippen LogP contribution in [0.25, 0.3) is 0 Å². The Kier molecular flexibility index (Phi) is 4.59. The number of hydrogen-bond donors (Lipinski definition) is 1. The molecule has 4 heterocycles. The van der Waals surface area contributed by atoms with Crippen LogP contribution in [0, 0.1) is 12.8 Å². The van der Waals surface area contributed by atoms with Crippen LogP contribution in [0.1, 0.15) is 59.2 Å². The molecule has 148 valence electrons. The van der Waals surface area contributed by atoms with E-state index in [9.17, 15) is 9.59 Å². The quantitative estimate of drug-likeness (QED) is 0.860. The lowest BCUT2D eigenvalue weighted by Gasteiger charge is -2.29. The summed E-state index contributed by atoms with van der Waals surface area (Å²) in [6.45, 7) is 5.37. The normalized spacial score (nSPS) is 22.5. The number of aryl methyl sites for hydroxylation is 1. The zero-order chi connectivity index (χ0) is 19.3. The summed E-state index contributed by atoms with van der Waals surface area (Å²) >= 11 is 1.78. The molecule has 0 aromatic carbocycles. The van der Waals surface area contributed by atoms with Crippen molar-refractivity contribution in [1.82, 2.24) is 19.8 Å². The van der Waals surface area contributed by atoms with Gasteiger partial charge in [0.05, 0.1) is 17.3 Å². The van der Waals surface area contributed by atoms with Gasteiger partial charge in [0.15, 0.2) is 0 Å². The zero-order valence-corrected chi connectivity index (χ0v) is 17.1. The van der Waals surface area contributed by atoms with Gasteiger partial charge in [-0.25, -0.2) is 4.98 Å². The Labute approximate surface area is 168 Å². The van der Waals surface area contributed by atoms with E-state index in [1.165, 1.54) is 10.4 Å². The Balaban J connectivity index is 1.36. The third kappa shape index (κ3) is 3.31. The predicted octanol–water partition coefficient (Wildman–Crippen LogP) is 2.77. The summed E-state index contributed by atoms with van der Waals surface area (Å²) in [5, 5.41) is 2.12. The van der Waals surface area contributed by atoms with E-state index in [-0.39, 0.29) is 23.4 Å². The van der Waals surface area contributed by atoms with Crippen LogP contribution >= 0.6 is 11.3 Å². The largest absolute Gasteiger partial charge is 0.332 e. The molecular weight excluding hydrogens is 372 g/mol. The van der Waals surface area contributed by atoms with Gasteiger partial charge in [-0.05, 0) is 49.6 Å². The number of hydrogen-bond acceptors (Lipinski definition) is 5. The van der Waals surface area contributed by atoms with Crippen molar-refractivity contribution in [3.05, 3.63) is 49.3 Å². The van der Waals surface area contributed by atoms with Crippen molar-refractivity contribution in [2.75, 3.05) is 13.1 Å². The van der Waals surface area contributed by atoms with Crippen LogP contribution in [0.4, 0.5) is 0 Å². The third-order valence-electron chi connectivity index (χ3n) is 6.28. The molecule has 1 amide bonds. The predicted molar refractivity (Wildman–Crippen MR) is 108 cm³/mol. The van der Waals surface area contributed by atoms with Crippen LogP contribution in [0.2, 0.25) is 0 Å². The van der Waals surface area contributed by atoms with E-state index in [0.717, 1.165) is 63.0 Å². The summed E-state index contributed by atoms with van der Waals surface area (Å²) in [6, 6.07) is 2.09. The lowest BCUT2D eigenvalue weighted by molar-refractivity contribution is -0.133. The maximum Gasteiger partial charge on any atom is 0.255 e. The van der Waals surface area contributed by atoms with E-state index in [1.54, 1.807) is 11.3 Å². The van der Waals surface area contributed by atoms with Gasteiger partial charge in [-0.15, -0.1) is 11.3 Å². The van der Waals surface area contributed by atoms with Crippen molar-refractivity contribution < 1.29 is 4.79 Å². The summed E-state index contributed by atoms with van der Waals surface area (Å²) < 4.78 is 0. The number of nitrogens with zero attached hydrogens (tertiary/aromatic N) is 3. The van der Waals surface area contributed by atoms with E-state index in [2.05, 4.69) is 28.3 Å². The summed E-state index contributed by atoms with van der Waals surface area (Å²) in [4.78, 5) is 39.0. The second kappa shape index (κ2) is 7.12. The van der Waals surface area contributed by atoms with Gasteiger partial charge in [0.2, 0.25) is 5.91 Å². The molecule has 1 aliphatic carbocycles. The third-order valence-corrected chi connectivity index (χ3v) is 7.29. The molecule has 0 bridgehead atoms. The van der Waals surface area contributed by atoms with Gasteiger partial charge in [-0.3, -0.25) is 14.5 Å². The van der Waals surface area contributed by atoms with Crippen LogP contribution in [0.5, 0.6) is 0 Å². The van der Waals surface area contributed by atoms with Crippen LogP contribution in [0.3, 0.4) is 0 Å². The highest BCUT2D eigenvalue weighted by molar-refractivity contribution is 7.10. The highest BCUT2D eigenvalue weighted by atomic mass is 32.1. The molecule has 3 aliphatic rings. The number of aromatic nitrogens is 2. The average Bonchev–Trinajstić information content (AvgIpc) is 3.29. The maximum absolute atomic E-state index is 12.9. The van der Waals surface area contributed by atoms with Crippen molar-refractivity contribution in [2.24, 2.45) is 5.92 Å². The molecule has 0 spiro atoms. The van der Waals surface area contributed by atoms with E-state index < -0.39 is 0 Å². The number of amides is 1. The van der Waals surface area contributed by atoms with Gasteiger partial charge in [0.25, 0.3) is 5.56 Å². The first-order valence-electron chi connectivity index (χ1n) is 10.3. The van der Waals surface area contributed by atoms with E-state index in [0.29, 0.717) is 12.4 Å². The lowest BCUT2D eigenvalue weighted by atomic mass is 10.1. The van der Waals surface area contributed by atoms with Crippen LogP contribution in [-0.4, -0.2) is 38.8 Å². The molecule has 2 aromatic rings. The smallest absolute Gasteiger partial charge is 0.255 e. The standard InChI is InChI=1S/C21H26N4O2S/c1-13-7-10-28-18(13)12-24-9-6-16-15(11-24)20(26)23-19(22-16)17-3-2-8-25(17)21(27)14-4-5-14/h7,10,14,17H,2-6,8-9,11-12H2,1H3,(H,22,23,26)/t17-/m1/s1. The SMILES string of the molecule is Cc1ccsc1CN1CCc2nc([C@H]3CCCN3C(=O)C3CC3)[nH]c(=O)c2C1. The Bertz CT molecular complexity index is 962. The molecule has 5 rings (SSSR count). The molecule has 2 aromatic heterocycles. The molecule has 28 heavy (non-hydrogen) atoms. The molecule has 1 N–H and O–H groups in total. The minimum atomic E-state index is -0.0575. The van der Waals surface area contributed by atoms with E-state index in [1.807, 2.05) is 4.90 Å². The average molecular weight is 399 g/mol. The molecule has 2 fully saturated rings. The highest BCUT2D eigenvalue weighted by Gasteiger charge is 2.40. The van der Waals surface area contributed by atoms with Gasteiger partial charge in [-0.1, -0.05) is 0 Å². The topological polar surface area (TPSA) is 69.3 Å². The number of nitrogens with one attached hydrogen (secondary N) is 1. The highest BCUT2D eigenvalue weighted by Crippen LogP contribution is 2.37. The summed E-state index contributed by atoms with van der Waals surface area (Å²) in [7, 11) is 0. The van der Waals surface area contributed by atoms with E-state index in [4.69, 9.17) is 4.98 Å². The van der Waals surface area contributed by atoms with Gasteiger partial charge < -0.3 is 9.88 Å². The second-order valence-corrected chi connectivity index (χ2v) is 9.33. The lowest BCUT2D eigenvalue weighted by Crippen LogP contribution is -2.38. The van der Waals surface area contributed by atoms with Gasteiger partial charge in [-0.2, -0.15) is 0 Å². The van der Waals surface area contributed by atoms with Gasteiger partial charge >= 0.3 is 0 Å². The Hall–Kier alpha value is -1.99. The number of thiophene rings is 1. The van der Waals surface area contributed by atoms with Crippen molar-refractivity contribution >= 4 is 17.2 Å². The first-order chi connectivity index (χ1) is 13.6. The Morgan fingerprint density at radius 2 is 2.18 bits per heavy atom. The molecule has 6 nitrogen and oxygen atoms in total. The molecule has 0 radical (unpaired) electrons. The van der Waals surface area contributed by atoms with Crippen molar-refractivity contribution in [1.29, 1.82) is 0 Å². The summed E-state index contributed by atoms with van der Waals surface area (Å²) in [5.41, 5.74) is 3.00. The molecule has 1 saturated carbocycles. The van der Waals surface area contributed by atoms with Crippen molar-refractivity contribution in [2.45, 2.75) is 58.2 Å². The minimum Gasteiger partial charge on any atom is -0.332 e. The van der Waals surface area contributed by atoms with Crippen LogP contribution in [0.15, 0.2) is 16.2 Å². The van der Waals surface area contributed by atoms with Crippen molar-refractivity contribution in [3.8, 4) is 0 Å². The monoisotopic (exact) mass is 398 g/mol.